The van der Waals surface area contributed by atoms with E-state index in [1.54, 1.807) is 14.2 Å². The van der Waals surface area contributed by atoms with Gasteiger partial charge in [0.05, 0.1) is 25.1 Å². The predicted octanol–water partition coefficient (Wildman–Crippen LogP) is 2.56. The molecule has 0 bridgehead atoms. The minimum atomic E-state index is 0.325. The molecule has 5 heteroatoms. The van der Waals surface area contributed by atoms with Gasteiger partial charge in [-0.15, -0.1) is 0 Å². The third-order valence-corrected chi connectivity index (χ3v) is 3.04. The number of ether oxygens (including phenoxy) is 2. The van der Waals surface area contributed by atoms with Crippen LogP contribution in [-0.4, -0.2) is 24.2 Å². The van der Waals surface area contributed by atoms with Gasteiger partial charge in [0.25, 0.3) is 0 Å². The van der Waals surface area contributed by atoms with Crippen molar-refractivity contribution in [3.05, 3.63) is 21.3 Å². The Labute approximate surface area is 107 Å². The third kappa shape index (κ3) is 1.91. The van der Waals surface area contributed by atoms with E-state index in [0.717, 1.165) is 20.0 Å². The van der Waals surface area contributed by atoms with Crippen molar-refractivity contribution in [2.75, 3.05) is 14.2 Å². The van der Waals surface area contributed by atoms with E-state index in [2.05, 4.69) is 38.6 Å². The molecule has 2 rings (SSSR count). The summed E-state index contributed by atoms with van der Waals surface area (Å²) in [6.45, 7) is 2.03. The van der Waals surface area contributed by atoms with E-state index in [-0.39, 0.29) is 0 Å². The summed E-state index contributed by atoms with van der Waals surface area (Å²) in [6, 6.07) is 4.40. The monoisotopic (exact) mass is 330 g/mol. The summed E-state index contributed by atoms with van der Waals surface area (Å²) in [5.74, 6) is 0.545. The van der Waals surface area contributed by atoms with E-state index in [1.807, 2.05) is 13.0 Å². The molecule has 4 nitrogen and oxygen atoms in total. The smallest absolute Gasteiger partial charge is 0.320 e. The number of benzene rings is 1. The van der Waals surface area contributed by atoms with Gasteiger partial charge in [-0.3, -0.25) is 0 Å². The van der Waals surface area contributed by atoms with Gasteiger partial charge in [-0.25, -0.2) is 0 Å². The summed E-state index contributed by atoms with van der Waals surface area (Å²) >= 11 is 2.25. The maximum Gasteiger partial charge on any atom is 0.320 e. The Morgan fingerprint density at radius 2 is 1.88 bits per heavy atom. The molecule has 0 atom stereocenters. The lowest BCUT2D eigenvalue weighted by molar-refractivity contribution is 0.357. The maximum absolute atomic E-state index is 5.25. The Hall–Kier alpha value is -1.11. The molecule has 0 spiro atoms. The molecule has 0 saturated heterocycles. The van der Waals surface area contributed by atoms with Gasteiger partial charge in [-0.1, -0.05) is 0 Å². The van der Waals surface area contributed by atoms with Crippen LogP contribution in [0.5, 0.6) is 11.9 Å². The molecule has 0 fully saturated rings. The van der Waals surface area contributed by atoms with E-state index in [4.69, 9.17) is 9.47 Å². The van der Waals surface area contributed by atoms with Crippen molar-refractivity contribution in [3.8, 4) is 11.9 Å². The molecule has 0 aliphatic carbocycles. The first kappa shape index (κ1) is 11.4. The molecule has 84 valence electrons. The number of nitrogens with zero attached hydrogens (tertiary/aromatic N) is 2. The lowest BCUT2D eigenvalue weighted by Crippen LogP contribution is -1.98. The Bertz CT molecular complexity index is 543. The summed E-state index contributed by atoms with van der Waals surface area (Å²) in [4.78, 5) is 8.48. The molecule has 0 aliphatic rings. The Morgan fingerprint density at radius 3 is 2.50 bits per heavy atom. The summed E-state index contributed by atoms with van der Waals surface area (Å²) in [5, 5.41) is 0.910. The van der Waals surface area contributed by atoms with Gasteiger partial charge in [0.2, 0.25) is 5.88 Å². The van der Waals surface area contributed by atoms with Crippen LogP contribution in [0.1, 0.15) is 5.56 Å². The second-order valence-electron chi connectivity index (χ2n) is 3.36. The topological polar surface area (TPSA) is 44.2 Å². The average Bonchev–Trinajstić information content (AvgIpc) is 2.28. The van der Waals surface area contributed by atoms with Gasteiger partial charge in [0.15, 0.2) is 0 Å². The van der Waals surface area contributed by atoms with E-state index >= 15 is 0 Å². The molecule has 0 unspecified atom stereocenters. The second kappa shape index (κ2) is 4.40. The fraction of sp³-hybridized carbons (Fsp3) is 0.273. The van der Waals surface area contributed by atoms with Crippen LogP contribution in [0.3, 0.4) is 0 Å². The van der Waals surface area contributed by atoms with Crippen LogP contribution in [0.2, 0.25) is 0 Å². The van der Waals surface area contributed by atoms with Crippen molar-refractivity contribution >= 4 is 33.5 Å². The highest BCUT2D eigenvalue weighted by atomic mass is 127. The number of rotatable bonds is 2. The molecule has 0 saturated carbocycles. The highest BCUT2D eigenvalue weighted by Gasteiger charge is 2.11. The van der Waals surface area contributed by atoms with Crippen molar-refractivity contribution < 1.29 is 9.47 Å². The number of aryl methyl sites for hydroxylation is 1. The first-order valence-electron chi connectivity index (χ1n) is 4.71. The van der Waals surface area contributed by atoms with Gasteiger partial charge >= 0.3 is 6.01 Å². The van der Waals surface area contributed by atoms with Crippen LogP contribution in [0, 0.1) is 10.5 Å². The van der Waals surface area contributed by atoms with E-state index in [1.165, 1.54) is 0 Å². The zero-order chi connectivity index (χ0) is 11.7. The van der Waals surface area contributed by atoms with Gasteiger partial charge < -0.3 is 9.47 Å². The number of hydrogen-bond donors (Lipinski definition) is 0. The molecular formula is C11H11IN2O2. The minimum absolute atomic E-state index is 0.325. The molecule has 0 radical (unpaired) electrons. The molecule has 1 aromatic carbocycles. The summed E-state index contributed by atoms with van der Waals surface area (Å²) in [5.41, 5.74) is 2.01. The van der Waals surface area contributed by atoms with Crippen LogP contribution >= 0.6 is 22.6 Å². The van der Waals surface area contributed by atoms with Crippen LogP contribution in [0.4, 0.5) is 0 Å². The molecule has 2 aromatic rings. The predicted molar refractivity (Wildman–Crippen MR) is 70.1 cm³/mol. The fourth-order valence-electron chi connectivity index (χ4n) is 1.53. The number of halogens is 1. The number of aromatic nitrogens is 2. The van der Waals surface area contributed by atoms with Crippen molar-refractivity contribution in [1.29, 1.82) is 0 Å². The van der Waals surface area contributed by atoms with Gasteiger partial charge in [0.1, 0.15) is 0 Å². The maximum atomic E-state index is 5.25. The lowest BCUT2D eigenvalue weighted by Gasteiger charge is -2.08. The van der Waals surface area contributed by atoms with Crippen molar-refractivity contribution in [3.63, 3.8) is 0 Å². The van der Waals surface area contributed by atoms with Gasteiger partial charge in [-0.2, -0.15) is 9.97 Å². The van der Waals surface area contributed by atoms with Crippen molar-refractivity contribution in [1.82, 2.24) is 9.97 Å². The van der Waals surface area contributed by atoms with E-state index < -0.39 is 0 Å². The number of fused-ring (bicyclic) bond motifs is 1. The Balaban J connectivity index is 2.83. The highest BCUT2D eigenvalue weighted by Crippen LogP contribution is 2.29. The van der Waals surface area contributed by atoms with Crippen LogP contribution in [0.25, 0.3) is 10.9 Å². The highest BCUT2D eigenvalue weighted by molar-refractivity contribution is 14.1. The fourth-order valence-corrected chi connectivity index (χ4v) is 2.43. The third-order valence-electron chi connectivity index (χ3n) is 2.22. The minimum Gasteiger partial charge on any atom is -0.480 e. The van der Waals surface area contributed by atoms with E-state index in [9.17, 15) is 0 Å². The van der Waals surface area contributed by atoms with E-state index in [0.29, 0.717) is 11.9 Å². The molecule has 0 N–H and O–H groups in total. The second-order valence-corrected chi connectivity index (χ2v) is 4.52. The van der Waals surface area contributed by atoms with Crippen LogP contribution < -0.4 is 9.47 Å². The normalized spacial score (nSPS) is 10.5. The number of hydrogen-bond acceptors (Lipinski definition) is 4. The molecular weight excluding hydrogens is 319 g/mol. The average molecular weight is 330 g/mol. The molecule has 1 aromatic heterocycles. The Morgan fingerprint density at radius 1 is 1.12 bits per heavy atom. The summed E-state index contributed by atoms with van der Waals surface area (Å²) < 4.78 is 11.4. The summed E-state index contributed by atoms with van der Waals surface area (Å²) in [7, 11) is 3.14. The van der Waals surface area contributed by atoms with Crippen molar-refractivity contribution in [2.24, 2.45) is 0 Å². The van der Waals surface area contributed by atoms with Crippen molar-refractivity contribution in [2.45, 2.75) is 6.92 Å². The first-order valence-corrected chi connectivity index (χ1v) is 5.79. The molecule has 1 heterocycles. The summed E-state index contributed by atoms with van der Waals surface area (Å²) in [6.07, 6.45) is 0. The molecule has 16 heavy (non-hydrogen) atoms. The molecule has 0 aliphatic heterocycles. The zero-order valence-electron chi connectivity index (χ0n) is 9.24. The van der Waals surface area contributed by atoms with Crippen LogP contribution in [0.15, 0.2) is 12.1 Å². The zero-order valence-corrected chi connectivity index (χ0v) is 11.4. The van der Waals surface area contributed by atoms with Gasteiger partial charge in [0, 0.05) is 3.57 Å². The first-order chi connectivity index (χ1) is 7.65. The van der Waals surface area contributed by atoms with Gasteiger partial charge in [-0.05, 0) is 47.2 Å². The quantitative estimate of drug-likeness (QED) is 0.794. The van der Waals surface area contributed by atoms with Crippen LogP contribution in [-0.2, 0) is 0 Å². The lowest BCUT2D eigenvalue weighted by atomic mass is 10.2. The standard InChI is InChI=1S/C11H11IN2O2/c1-6-4-7-9(8(12)5-6)13-11(16-3)14-10(7)15-2/h4-5H,1-3H3. The largest absolute Gasteiger partial charge is 0.480 e. The molecule has 0 amide bonds. The Kier molecular flexibility index (Phi) is 3.13. The number of methoxy groups -OCH3 is 2. The SMILES string of the molecule is COc1nc(OC)c2cc(C)cc(I)c2n1.